The number of halogens is 2. The van der Waals surface area contributed by atoms with E-state index in [2.05, 4.69) is 30.8 Å². The van der Waals surface area contributed by atoms with Gasteiger partial charge in [0.2, 0.25) is 5.88 Å². The molecule has 1 aliphatic rings. The number of anilines is 1. The van der Waals surface area contributed by atoms with Crippen molar-refractivity contribution in [3.05, 3.63) is 76.3 Å². The standard InChI is InChI=1S/C21H17BrFN3O2/c22-19-2-1-8-24-21(19)28-17-4-5-18(15(10-17)13-27)14-7-9-26(12-14)20-6-3-16(23)11-25-20/h1-6,8,10-11,13-14H,7,9,12H2. The van der Waals surface area contributed by atoms with E-state index in [1.165, 1.54) is 12.3 Å². The molecule has 0 N–H and O–H groups in total. The number of hydrogen-bond acceptors (Lipinski definition) is 5. The summed E-state index contributed by atoms with van der Waals surface area (Å²) in [5.41, 5.74) is 1.58. The third kappa shape index (κ3) is 3.89. The summed E-state index contributed by atoms with van der Waals surface area (Å²) in [5, 5.41) is 0. The van der Waals surface area contributed by atoms with Crippen LogP contribution in [0.1, 0.15) is 28.3 Å². The molecule has 1 fully saturated rings. The molecule has 3 aromatic rings. The van der Waals surface area contributed by atoms with E-state index < -0.39 is 0 Å². The molecule has 0 amide bonds. The van der Waals surface area contributed by atoms with Crippen molar-refractivity contribution in [3.63, 3.8) is 0 Å². The molecular formula is C21H17BrFN3O2. The number of benzene rings is 1. The lowest BCUT2D eigenvalue weighted by molar-refractivity contribution is 0.112. The van der Waals surface area contributed by atoms with Crippen LogP contribution in [0.15, 0.2) is 59.3 Å². The van der Waals surface area contributed by atoms with Crippen LogP contribution in [-0.4, -0.2) is 29.3 Å². The Balaban J connectivity index is 1.53. The van der Waals surface area contributed by atoms with Gasteiger partial charge in [-0.1, -0.05) is 6.07 Å². The van der Waals surface area contributed by atoms with Crippen molar-refractivity contribution in [2.45, 2.75) is 12.3 Å². The van der Waals surface area contributed by atoms with Gasteiger partial charge >= 0.3 is 0 Å². The highest BCUT2D eigenvalue weighted by Gasteiger charge is 2.26. The summed E-state index contributed by atoms with van der Waals surface area (Å²) in [5.74, 6) is 1.60. The Hall–Kier alpha value is -2.80. The van der Waals surface area contributed by atoms with Crippen molar-refractivity contribution in [3.8, 4) is 11.6 Å². The maximum absolute atomic E-state index is 13.1. The zero-order chi connectivity index (χ0) is 19.5. The molecule has 1 atom stereocenters. The van der Waals surface area contributed by atoms with Gasteiger partial charge in [-0.05, 0) is 64.3 Å². The Morgan fingerprint density at radius 2 is 2.11 bits per heavy atom. The first-order valence-electron chi connectivity index (χ1n) is 8.88. The number of rotatable bonds is 5. The van der Waals surface area contributed by atoms with Crippen LogP contribution in [0.3, 0.4) is 0 Å². The number of ether oxygens (including phenoxy) is 1. The fourth-order valence-electron chi connectivity index (χ4n) is 3.43. The smallest absolute Gasteiger partial charge is 0.233 e. The maximum atomic E-state index is 13.1. The number of carbonyl (C=O) groups is 1. The zero-order valence-electron chi connectivity index (χ0n) is 14.9. The van der Waals surface area contributed by atoms with Crippen molar-refractivity contribution in [2.24, 2.45) is 0 Å². The minimum Gasteiger partial charge on any atom is -0.438 e. The second-order valence-corrected chi connectivity index (χ2v) is 7.42. The van der Waals surface area contributed by atoms with Crippen LogP contribution in [0.25, 0.3) is 0 Å². The van der Waals surface area contributed by atoms with E-state index in [1.54, 1.807) is 24.4 Å². The van der Waals surface area contributed by atoms with E-state index in [0.717, 1.165) is 41.7 Å². The van der Waals surface area contributed by atoms with Crippen molar-refractivity contribution in [1.82, 2.24) is 9.97 Å². The largest absolute Gasteiger partial charge is 0.438 e. The molecule has 4 rings (SSSR count). The van der Waals surface area contributed by atoms with Crippen molar-refractivity contribution < 1.29 is 13.9 Å². The lowest BCUT2D eigenvalue weighted by Gasteiger charge is -2.18. The zero-order valence-corrected chi connectivity index (χ0v) is 16.5. The topological polar surface area (TPSA) is 55.3 Å². The number of aromatic nitrogens is 2. The van der Waals surface area contributed by atoms with Crippen LogP contribution in [0.2, 0.25) is 0 Å². The number of carbonyl (C=O) groups excluding carboxylic acids is 1. The van der Waals surface area contributed by atoms with Gasteiger partial charge in [-0.15, -0.1) is 0 Å². The molecule has 5 nitrogen and oxygen atoms in total. The number of hydrogen-bond donors (Lipinski definition) is 0. The molecule has 28 heavy (non-hydrogen) atoms. The van der Waals surface area contributed by atoms with Crippen LogP contribution in [0.4, 0.5) is 10.2 Å². The average molecular weight is 442 g/mol. The van der Waals surface area contributed by atoms with Gasteiger partial charge in [-0.25, -0.2) is 14.4 Å². The first kappa shape index (κ1) is 18.6. The molecule has 0 saturated carbocycles. The highest BCUT2D eigenvalue weighted by molar-refractivity contribution is 9.10. The van der Waals surface area contributed by atoms with E-state index in [0.29, 0.717) is 17.2 Å². The highest BCUT2D eigenvalue weighted by Crippen LogP contribution is 2.34. The van der Waals surface area contributed by atoms with Gasteiger partial charge in [-0.3, -0.25) is 4.79 Å². The van der Waals surface area contributed by atoms with Crippen LogP contribution >= 0.6 is 15.9 Å². The average Bonchev–Trinajstić information content (AvgIpc) is 3.20. The van der Waals surface area contributed by atoms with Crippen LogP contribution < -0.4 is 9.64 Å². The number of nitrogens with zero attached hydrogens (tertiary/aromatic N) is 3. The van der Waals surface area contributed by atoms with Gasteiger partial charge in [0, 0.05) is 30.8 Å². The van der Waals surface area contributed by atoms with Gasteiger partial charge in [-0.2, -0.15) is 0 Å². The molecule has 2 aromatic heterocycles. The summed E-state index contributed by atoms with van der Waals surface area (Å²) in [7, 11) is 0. The molecule has 1 aliphatic heterocycles. The maximum Gasteiger partial charge on any atom is 0.233 e. The third-order valence-corrected chi connectivity index (χ3v) is 5.39. The van der Waals surface area contributed by atoms with Gasteiger partial charge in [0.1, 0.15) is 23.7 Å². The lowest BCUT2D eigenvalue weighted by atomic mass is 9.94. The number of pyridine rings is 2. The molecule has 7 heteroatoms. The summed E-state index contributed by atoms with van der Waals surface area (Å²) in [6.45, 7) is 1.53. The predicted molar refractivity (Wildman–Crippen MR) is 108 cm³/mol. The van der Waals surface area contributed by atoms with E-state index in [1.807, 2.05) is 18.2 Å². The van der Waals surface area contributed by atoms with Gasteiger partial charge in [0.05, 0.1) is 10.7 Å². The Labute approximate surface area is 170 Å². The monoisotopic (exact) mass is 441 g/mol. The second-order valence-electron chi connectivity index (χ2n) is 6.57. The summed E-state index contributed by atoms with van der Waals surface area (Å²) in [4.78, 5) is 22.1. The van der Waals surface area contributed by atoms with E-state index in [9.17, 15) is 9.18 Å². The first-order valence-corrected chi connectivity index (χ1v) is 9.67. The van der Waals surface area contributed by atoms with E-state index >= 15 is 0 Å². The fourth-order valence-corrected chi connectivity index (χ4v) is 3.76. The second kappa shape index (κ2) is 8.06. The minimum atomic E-state index is -0.349. The Morgan fingerprint density at radius 1 is 1.21 bits per heavy atom. The molecular weight excluding hydrogens is 425 g/mol. The van der Waals surface area contributed by atoms with Crippen LogP contribution in [0.5, 0.6) is 11.6 Å². The summed E-state index contributed by atoms with van der Waals surface area (Å²) in [6, 6.07) is 12.3. The molecule has 0 bridgehead atoms. The molecule has 1 unspecified atom stereocenters. The predicted octanol–water partition coefficient (Wildman–Crippen LogP) is 4.98. The molecule has 142 valence electrons. The van der Waals surface area contributed by atoms with Crippen molar-refractivity contribution >= 4 is 28.0 Å². The first-order chi connectivity index (χ1) is 13.6. The van der Waals surface area contributed by atoms with Crippen molar-refractivity contribution in [2.75, 3.05) is 18.0 Å². The normalized spacial score (nSPS) is 16.2. The third-order valence-electron chi connectivity index (χ3n) is 4.79. The van der Waals surface area contributed by atoms with Gasteiger partial charge in [0.25, 0.3) is 0 Å². The van der Waals surface area contributed by atoms with E-state index in [4.69, 9.17) is 4.74 Å². The summed E-state index contributed by atoms with van der Waals surface area (Å²) in [6.07, 6.45) is 4.62. The SMILES string of the molecule is O=Cc1cc(Oc2ncccc2Br)ccc1C1CCN(c2ccc(F)cn2)C1. The summed E-state index contributed by atoms with van der Waals surface area (Å²) < 4.78 is 19.6. The van der Waals surface area contributed by atoms with Crippen molar-refractivity contribution in [1.29, 1.82) is 0 Å². The Morgan fingerprint density at radius 3 is 2.86 bits per heavy atom. The molecule has 3 heterocycles. The van der Waals surface area contributed by atoms with Crippen LogP contribution in [0, 0.1) is 5.82 Å². The van der Waals surface area contributed by atoms with Gasteiger partial charge in [0.15, 0.2) is 0 Å². The van der Waals surface area contributed by atoms with Gasteiger partial charge < -0.3 is 9.64 Å². The number of aldehydes is 1. The minimum absolute atomic E-state index is 0.197. The highest BCUT2D eigenvalue weighted by atomic mass is 79.9. The molecule has 1 aromatic carbocycles. The lowest BCUT2D eigenvalue weighted by Crippen LogP contribution is -2.20. The Bertz CT molecular complexity index is 997. The van der Waals surface area contributed by atoms with E-state index in [-0.39, 0.29) is 11.7 Å². The summed E-state index contributed by atoms with van der Waals surface area (Å²) >= 11 is 3.40. The Kier molecular flexibility index (Phi) is 5.34. The molecule has 0 spiro atoms. The van der Waals surface area contributed by atoms with Crippen LogP contribution in [-0.2, 0) is 0 Å². The fraction of sp³-hybridized carbons (Fsp3) is 0.190. The quantitative estimate of drug-likeness (QED) is 0.522. The molecule has 0 aliphatic carbocycles. The molecule has 0 radical (unpaired) electrons. The molecule has 1 saturated heterocycles.